The van der Waals surface area contributed by atoms with E-state index >= 15 is 0 Å². The van der Waals surface area contributed by atoms with Gasteiger partial charge in [0.25, 0.3) is 10.0 Å². The third-order valence-electron chi connectivity index (χ3n) is 3.32. The van der Waals surface area contributed by atoms with Crippen molar-refractivity contribution in [2.75, 3.05) is 4.72 Å². The summed E-state index contributed by atoms with van der Waals surface area (Å²) < 4.78 is 50.1. The number of nitrogens with two attached hydrogens (primary N) is 1. The number of nitrogens with one attached hydrogen (secondary N) is 1. The molecule has 7 nitrogen and oxygen atoms in total. The Kier molecular flexibility index (Phi) is 3.99. The lowest BCUT2D eigenvalue weighted by Gasteiger charge is -2.10. The first-order valence-corrected chi connectivity index (χ1v) is 9.80. The zero-order chi connectivity index (χ0) is 17.4. The molecule has 3 rings (SSSR count). The Balaban J connectivity index is 1.99. The van der Waals surface area contributed by atoms with Gasteiger partial charge < -0.3 is 0 Å². The average Bonchev–Trinajstić information content (AvgIpc) is 2.53. The van der Waals surface area contributed by atoms with Crippen LogP contribution in [0.5, 0.6) is 0 Å². The van der Waals surface area contributed by atoms with Gasteiger partial charge in [-0.25, -0.2) is 22.0 Å². The molecule has 0 unspecified atom stereocenters. The van der Waals surface area contributed by atoms with Crippen LogP contribution in [0.4, 0.5) is 5.69 Å². The molecule has 24 heavy (non-hydrogen) atoms. The smallest absolute Gasteiger partial charge is 0.264 e. The Morgan fingerprint density at radius 3 is 2.21 bits per heavy atom. The summed E-state index contributed by atoms with van der Waals surface area (Å²) in [5, 5.41) is 5.71. The summed E-state index contributed by atoms with van der Waals surface area (Å²) in [6.45, 7) is 0. The van der Waals surface area contributed by atoms with Gasteiger partial charge in [-0.2, -0.15) is 0 Å². The van der Waals surface area contributed by atoms with Crippen LogP contribution in [0.1, 0.15) is 0 Å². The fraction of sp³-hybridized carbons (Fsp3) is 0. The van der Waals surface area contributed by atoms with Gasteiger partial charge in [-0.05, 0) is 36.4 Å². The van der Waals surface area contributed by atoms with Crippen molar-refractivity contribution >= 4 is 36.6 Å². The van der Waals surface area contributed by atoms with Gasteiger partial charge in [-0.3, -0.25) is 9.71 Å². The van der Waals surface area contributed by atoms with Crippen molar-refractivity contribution in [3.8, 4) is 0 Å². The second-order valence-electron chi connectivity index (χ2n) is 5.01. The van der Waals surface area contributed by atoms with Gasteiger partial charge in [0.2, 0.25) is 10.0 Å². The third-order valence-corrected chi connectivity index (χ3v) is 5.66. The van der Waals surface area contributed by atoms with Gasteiger partial charge in [-0.15, -0.1) is 0 Å². The molecule has 3 N–H and O–H groups in total. The molecular formula is C15H13N3O4S2. The third kappa shape index (κ3) is 3.23. The van der Waals surface area contributed by atoms with Crippen LogP contribution < -0.4 is 9.86 Å². The Morgan fingerprint density at radius 1 is 0.875 bits per heavy atom. The maximum absolute atomic E-state index is 12.6. The molecule has 0 spiro atoms. The van der Waals surface area contributed by atoms with Crippen LogP contribution >= 0.6 is 0 Å². The lowest BCUT2D eigenvalue weighted by molar-refractivity contribution is 0.597. The van der Waals surface area contributed by atoms with Gasteiger partial charge in [0, 0.05) is 17.3 Å². The monoisotopic (exact) mass is 363 g/mol. The predicted octanol–water partition coefficient (Wildman–Crippen LogP) is 1.68. The number of hydrogen-bond acceptors (Lipinski definition) is 5. The summed E-state index contributed by atoms with van der Waals surface area (Å²) in [7, 11) is -7.71. The highest BCUT2D eigenvalue weighted by Crippen LogP contribution is 2.23. The second kappa shape index (κ2) is 5.86. The van der Waals surface area contributed by atoms with Crippen LogP contribution in [0.2, 0.25) is 0 Å². The second-order valence-corrected chi connectivity index (χ2v) is 8.22. The molecule has 1 aromatic heterocycles. The van der Waals surface area contributed by atoms with Crippen LogP contribution in [0.15, 0.2) is 70.6 Å². The molecule has 9 heteroatoms. The van der Waals surface area contributed by atoms with Crippen LogP contribution in [0.25, 0.3) is 10.9 Å². The van der Waals surface area contributed by atoms with Crippen LogP contribution in [0, 0.1) is 0 Å². The molecule has 0 saturated heterocycles. The molecule has 1 heterocycles. The molecule has 0 saturated carbocycles. The van der Waals surface area contributed by atoms with E-state index in [1.165, 1.54) is 36.5 Å². The average molecular weight is 363 g/mol. The van der Waals surface area contributed by atoms with Crippen molar-refractivity contribution < 1.29 is 16.8 Å². The molecule has 0 radical (unpaired) electrons. The largest absolute Gasteiger partial charge is 0.280 e. The van der Waals surface area contributed by atoms with E-state index in [9.17, 15) is 16.8 Å². The van der Waals surface area contributed by atoms with E-state index in [0.29, 0.717) is 10.9 Å². The van der Waals surface area contributed by atoms with Crippen molar-refractivity contribution in [3.05, 3.63) is 60.8 Å². The summed E-state index contributed by atoms with van der Waals surface area (Å²) in [6.07, 6.45) is 1.52. The van der Waals surface area contributed by atoms with E-state index in [4.69, 9.17) is 5.14 Å². The highest BCUT2D eigenvalue weighted by molar-refractivity contribution is 7.93. The van der Waals surface area contributed by atoms with Gasteiger partial charge in [0.05, 0.1) is 10.4 Å². The first kappa shape index (κ1) is 16.4. The Bertz CT molecular complexity index is 1100. The predicted molar refractivity (Wildman–Crippen MR) is 90.4 cm³/mol. The summed E-state index contributed by atoms with van der Waals surface area (Å²) in [6, 6.07) is 13.5. The summed E-state index contributed by atoms with van der Waals surface area (Å²) in [5.41, 5.74) is 0.573. The number of anilines is 1. The summed E-state index contributed by atoms with van der Waals surface area (Å²) >= 11 is 0. The number of aromatic nitrogens is 1. The van der Waals surface area contributed by atoms with Crippen molar-refractivity contribution in [2.24, 2.45) is 5.14 Å². The number of pyridine rings is 1. The van der Waals surface area contributed by atoms with Gasteiger partial charge >= 0.3 is 0 Å². The minimum absolute atomic E-state index is 0.0381. The molecule has 0 aliphatic carbocycles. The standard InChI is InChI=1S/C15H13N3O4S2/c16-23(19,20)13-8-6-12(7-9-13)18-24(21,22)14-5-1-3-11-4-2-10-17-15(11)14/h1-10,18H,(H2,16,19,20). The highest BCUT2D eigenvalue weighted by atomic mass is 32.2. The van der Waals surface area contributed by atoms with E-state index in [1.54, 1.807) is 24.3 Å². The van der Waals surface area contributed by atoms with E-state index in [2.05, 4.69) is 9.71 Å². The van der Waals surface area contributed by atoms with Crippen LogP contribution in [-0.2, 0) is 20.0 Å². The Labute approximate surface area is 139 Å². The number of para-hydroxylation sites is 1. The minimum Gasteiger partial charge on any atom is -0.280 e. The molecule has 0 bridgehead atoms. The molecular weight excluding hydrogens is 350 g/mol. The van der Waals surface area contributed by atoms with E-state index in [0.717, 1.165) is 0 Å². The van der Waals surface area contributed by atoms with E-state index < -0.39 is 20.0 Å². The van der Waals surface area contributed by atoms with Crippen molar-refractivity contribution in [1.29, 1.82) is 0 Å². The number of benzene rings is 2. The fourth-order valence-electron chi connectivity index (χ4n) is 2.22. The normalized spacial score (nSPS) is 12.2. The van der Waals surface area contributed by atoms with Gasteiger partial charge in [0.15, 0.2) is 0 Å². The van der Waals surface area contributed by atoms with Crippen molar-refractivity contribution in [2.45, 2.75) is 9.79 Å². The minimum atomic E-state index is -3.88. The van der Waals surface area contributed by atoms with Gasteiger partial charge in [-0.1, -0.05) is 18.2 Å². The molecule has 124 valence electrons. The van der Waals surface area contributed by atoms with E-state index in [-0.39, 0.29) is 15.5 Å². The number of hydrogen-bond donors (Lipinski definition) is 2. The number of primary sulfonamides is 1. The summed E-state index contributed by atoms with van der Waals surface area (Å²) in [4.78, 5) is 4.06. The molecule has 0 amide bonds. The Hall–Kier alpha value is -2.49. The lowest BCUT2D eigenvalue weighted by atomic mass is 10.2. The topological polar surface area (TPSA) is 119 Å². The molecule has 0 atom stereocenters. The number of rotatable bonds is 4. The molecule has 0 aliphatic heterocycles. The molecule has 2 aromatic carbocycles. The zero-order valence-corrected chi connectivity index (χ0v) is 13.9. The van der Waals surface area contributed by atoms with Crippen LogP contribution in [-0.4, -0.2) is 21.8 Å². The highest BCUT2D eigenvalue weighted by Gasteiger charge is 2.18. The van der Waals surface area contributed by atoms with Crippen LogP contribution in [0.3, 0.4) is 0 Å². The number of nitrogens with zero attached hydrogens (tertiary/aromatic N) is 1. The maximum Gasteiger partial charge on any atom is 0.264 e. The molecule has 0 aliphatic rings. The SMILES string of the molecule is NS(=O)(=O)c1ccc(NS(=O)(=O)c2cccc3cccnc23)cc1. The number of fused-ring (bicyclic) bond motifs is 1. The zero-order valence-electron chi connectivity index (χ0n) is 12.2. The number of sulfonamides is 2. The van der Waals surface area contributed by atoms with E-state index in [1.807, 2.05) is 0 Å². The van der Waals surface area contributed by atoms with Crippen molar-refractivity contribution in [3.63, 3.8) is 0 Å². The quantitative estimate of drug-likeness (QED) is 0.731. The first-order chi connectivity index (χ1) is 11.3. The Morgan fingerprint density at radius 2 is 1.54 bits per heavy atom. The fourth-order valence-corrected chi connectivity index (χ4v) is 3.97. The molecule has 3 aromatic rings. The van der Waals surface area contributed by atoms with Gasteiger partial charge in [0.1, 0.15) is 4.90 Å². The molecule has 0 fully saturated rings. The lowest BCUT2D eigenvalue weighted by Crippen LogP contribution is -2.15. The summed E-state index contributed by atoms with van der Waals surface area (Å²) in [5.74, 6) is 0. The first-order valence-electron chi connectivity index (χ1n) is 6.77. The van der Waals surface area contributed by atoms with Crippen molar-refractivity contribution in [1.82, 2.24) is 4.98 Å². The maximum atomic E-state index is 12.6.